The van der Waals surface area contributed by atoms with E-state index < -0.39 is 0 Å². The lowest BCUT2D eigenvalue weighted by Gasteiger charge is -2.22. The van der Waals surface area contributed by atoms with Gasteiger partial charge in [-0.2, -0.15) is 19.9 Å². The Hall–Kier alpha value is -3.85. The number of nitrogens with two attached hydrogens (primary N) is 1. The summed E-state index contributed by atoms with van der Waals surface area (Å²) in [7, 11) is 0. The topological polar surface area (TPSA) is 125 Å². The number of aromatic nitrogens is 5. The Balaban J connectivity index is 1.32. The molecule has 4 aromatic rings. The third-order valence-corrected chi connectivity index (χ3v) is 5.28. The number of hydrogen-bond acceptors (Lipinski definition) is 9. The summed E-state index contributed by atoms with van der Waals surface area (Å²) in [5, 5.41) is 7.22. The lowest BCUT2D eigenvalue weighted by Crippen LogP contribution is -2.15. The van der Waals surface area contributed by atoms with Gasteiger partial charge in [0.1, 0.15) is 5.82 Å². The second-order valence-electron chi connectivity index (χ2n) is 7.66. The van der Waals surface area contributed by atoms with Crippen LogP contribution in [0, 0.1) is 0 Å². The van der Waals surface area contributed by atoms with Gasteiger partial charge in [-0.05, 0) is 42.7 Å². The summed E-state index contributed by atoms with van der Waals surface area (Å²) in [6, 6.07) is 17.8. The normalized spacial score (nSPS) is 16.1. The smallest absolute Gasteiger partial charge is 0.257 e. The predicted octanol–water partition coefficient (Wildman–Crippen LogP) is 3.73. The minimum absolute atomic E-state index is 0.125. The van der Waals surface area contributed by atoms with E-state index in [1.165, 1.54) is 5.56 Å². The molecule has 1 aliphatic rings. The van der Waals surface area contributed by atoms with Crippen molar-refractivity contribution >= 4 is 17.6 Å². The molecular formula is C23H23N7O2. The molecule has 0 spiro atoms. The van der Waals surface area contributed by atoms with Crippen LogP contribution in [0.3, 0.4) is 0 Å². The van der Waals surface area contributed by atoms with Gasteiger partial charge >= 0.3 is 0 Å². The van der Waals surface area contributed by atoms with E-state index in [-0.39, 0.29) is 12.4 Å². The van der Waals surface area contributed by atoms with Crippen LogP contribution >= 0.6 is 0 Å². The second-order valence-corrected chi connectivity index (χ2v) is 7.66. The molecule has 9 nitrogen and oxygen atoms in total. The molecule has 0 amide bonds. The van der Waals surface area contributed by atoms with Crippen LogP contribution in [-0.4, -0.2) is 38.3 Å². The monoisotopic (exact) mass is 429 g/mol. The fourth-order valence-electron chi connectivity index (χ4n) is 3.74. The van der Waals surface area contributed by atoms with Crippen LogP contribution in [0.4, 0.5) is 17.6 Å². The minimum Gasteiger partial charge on any atom is -0.381 e. The number of nitrogens with one attached hydrogen (secondary N) is 1. The van der Waals surface area contributed by atoms with Crippen LogP contribution in [0.25, 0.3) is 11.5 Å². The Morgan fingerprint density at radius 3 is 2.72 bits per heavy atom. The van der Waals surface area contributed by atoms with E-state index >= 15 is 0 Å². The van der Waals surface area contributed by atoms with Gasteiger partial charge in [0, 0.05) is 23.8 Å². The molecule has 1 atom stereocenters. The van der Waals surface area contributed by atoms with Crippen molar-refractivity contribution in [3.8, 4) is 11.5 Å². The van der Waals surface area contributed by atoms with E-state index in [1.54, 1.807) is 0 Å². The molecule has 0 aliphatic carbocycles. The van der Waals surface area contributed by atoms with Crippen LogP contribution in [0.5, 0.6) is 0 Å². The van der Waals surface area contributed by atoms with Gasteiger partial charge in [0.05, 0.1) is 13.0 Å². The molecule has 0 saturated carbocycles. The quantitative estimate of drug-likeness (QED) is 0.471. The highest BCUT2D eigenvalue weighted by Gasteiger charge is 2.18. The molecule has 5 rings (SSSR count). The van der Waals surface area contributed by atoms with Crippen molar-refractivity contribution in [1.82, 2.24) is 25.1 Å². The van der Waals surface area contributed by atoms with Crippen LogP contribution in [0.15, 0.2) is 59.1 Å². The highest BCUT2D eigenvalue weighted by molar-refractivity contribution is 5.55. The zero-order valence-corrected chi connectivity index (χ0v) is 17.4. The summed E-state index contributed by atoms with van der Waals surface area (Å²) >= 11 is 0. The molecule has 1 saturated heterocycles. The van der Waals surface area contributed by atoms with Crippen LogP contribution in [0.2, 0.25) is 0 Å². The number of rotatable bonds is 6. The van der Waals surface area contributed by atoms with Crippen LogP contribution in [0.1, 0.15) is 36.0 Å². The molecule has 2 aromatic heterocycles. The van der Waals surface area contributed by atoms with Crippen molar-refractivity contribution in [3.05, 3.63) is 71.8 Å². The molecule has 1 fully saturated rings. The van der Waals surface area contributed by atoms with Crippen molar-refractivity contribution in [2.75, 3.05) is 24.3 Å². The van der Waals surface area contributed by atoms with Crippen LogP contribution in [-0.2, 0) is 11.2 Å². The van der Waals surface area contributed by atoms with Gasteiger partial charge in [-0.25, -0.2) is 0 Å². The van der Waals surface area contributed by atoms with Gasteiger partial charge in [0.25, 0.3) is 5.89 Å². The SMILES string of the molecule is Nc1nc(Cc2noc(-c3cccc(C4CCCOC4)c3)n2)nc(Nc2ccccc2)n1. The molecule has 3 heterocycles. The number of para-hydroxylation sites is 1. The van der Waals surface area contributed by atoms with Gasteiger partial charge in [-0.1, -0.05) is 35.5 Å². The average Bonchev–Trinajstić information content (AvgIpc) is 3.28. The third kappa shape index (κ3) is 4.73. The van der Waals surface area contributed by atoms with Crippen molar-refractivity contribution < 1.29 is 9.26 Å². The first-order chi connectivity index (χ1) is 15.7. The standard InChI is InChI=1S/C23H23N7O2/c24-22-27-19(28-23(29-22)25-18-9-2-1-3-10-18)13-20-26-21(32-30-20)16-7-4-6-15(12-16)17-8-5-11-31-14-17/h1-4,6-7,9-10,12,17H,5,8,11,13-14H2,(H3,24,25,27,28,29). The van der Waals surface area contributed by atoms with E-state index in [0.29, 0.717) is 29.4 Å². The molecule has 2 aromatic carbocycles. The van der Waals surface area contributed by atoms with E-state index in [9.17, 15) is 0 Å². The lowest BCUT2D eigenvalue weighted by atomic mass is 9.92. The summed E-state index contributed by atoms with van der Waals surface area (Å²) in [6.45, 7) is 1.59. The highest BCUT2D eigenvalue weighted by Crippen LogP contribution is 2.28. The van der Waals surface area contributed by atoms with Crippen molar-refractivity contribution in [1.29, 1.82) is 0 Å². The van der Waals surface area contributed by atoms with Gasteiger partial charge < -0.3 is 20.3 Å². The number of benzene rings is 2. The summed E-state index contributed by atoms with van der Waals surface area (Å²) in [6.07, 6.45) is 2.48. The molecular weight excluding hydrogens is 406 g/mol. The zero-order valence-electron chi connectivity index (χ0n) is 17.4. The maximum atomic E-state index is 5.87. The Morgan fingerprint density at radius 2 is 1.88 bits per heavy atom. The van der Waals surface area contributed by atoms with Crippen molar-refractivity contribution in [2.24, 2.45) is 0 Å². The Morgan fingerprint density at radius 1 is 0.969 bits per heavy atom. The molecule has 0 radical (unpaired) electrons. The van der Waals surface area contributed by atoms with Crippen molar-refractivity contribution in [2.45, 2.75) is 25.2 Å². The van der Waals surface area contributed by atoms with E-state index in [4.69, 9.17) is 15.0 Å². The Bertz CT molecular complexity index is 1190. The van der Waals surface area contributed by atoms with E-state index in [1.807, 2.05) is 42.5 Å². The van der Waals surface area contributed by atoms with Gasteiger partial charge in [-0.3, -0.25) is 0 Å². The summed E-state index contributed by atoms with van der Waals surface area (Å²) in [5.74, 6) is 2.28. The van der Waals surface area contributed by atoms with Gasteiger partial charge in [-0.15, -0.1) is 0 Å². The highest BCUT2D eigenvalue weighted by atomic mass is 16.5. The molecule has 1 aliphatic heterocycles. The number of ether oxygens (including phenoxy) is 1. The number of anilines is 3. The van der Waals surface area contributed by atoms with E-state index in [0.717, 1.165) is 37.3 Å². The summed E-state index contributed by atoms with van der Waals surface area (Å²) in [4.78, 5) is 17.3. The fourth-order valence-corrected chi connectivity index (χ4v) is 3.74. The molecule has 162 valence electrons. The molecule has 9 heteroatoms. The predicted molar refractivity (Wildman–Crippen MR) is 119 cm³/mol. The van der Waals surface area contributed by atoms with E-state index in [2.05, 4.69) is 42.5 Å². The summed E-state index contributed by atoms with van der Waals surface area (Å²) in [5.41, 5.74) is 8.84. The minimum atomic E-state index is 0.125. The lowest BCUT2D eigenvalue weighted by molar-refractivity contribution is 0.0804. The number of nitrogens with zero attached hydrogens (tertiary/aromatic N) is 5. The maximum absolute atomic E-state index is 5.87. The Kier molecular flexibility index (Phi) is 5.71. The summed E-state index contributed by atoms with van der Waals surface area (Å²) < 4.78 is 11.1. The molecule has 1 unspecified atom stereocenters. The molecule has 32 heavy (non-hydrogen) atoms. The fraction of sp³-hybridized carbons (Fsp3) is 0.261. The Labute approximate surface area is 185 Å². The first kappa shape index (κ1) is 20.1. The molecule has 3 N–H and O–H groups in total. The number of hydrogen-bond donors (Lipinski definition) is 2. The molecule has 0 bridgehead atoms. The van der Waals surface area contributed by atoms with Crippen LogP contribution < -0.4 is 11.1 Å². The second kappa shape index (κ2) is 9.11. The average molecular weight is 429 g/mol. The van der Waals surface area contributed by atoms with Crippen molar-refractivity contribution in [3.63, 3.8) is 0 Å². The zero-order chi connectivity index (χ0) is 21.8. The van der Waals surface area contributed by atoms with Gasteiger partial charge in [0.15, 0.2) is 5.82 Å². The first-order valence-electron chi connectivity index (χ1n) is 10.6. The first-order valence-corrected chi connectivity index (χ1v) is 10.6. The number of nitrogen functional groups attached to an aromatic ring is 1. The maximum Gasteiger partial charge on any atom is 0.257 e. The third-order valence-electron chi connectivity index (χ3n) is 5.28. The van der Waals surface area contributed by atoms with Gasteiger partial charge in [0.2, 0.25) is 11.9 Å². The largest absolute Gasteiger partial charge is 0.381 e.